The number of rotatable bonds is 4. The first-order chi connectivity index (χ1) is 15.9. The lowest BCUT2D eigenvalue weighted by Crippen LogP contribution is -2.60. The second-order valence-electron chi connectivity index (χ2n) is 9.11. The van der Waals surface area contributed by atoms with Crippen LogP contribution in [0.3, 0.4) is 0 Å². The molecule has 4 rings (SSSR count). The fourth-order valence-corrected chi connectivity index (χ4v) is 8.04. The third-order valence-electron chi connectivity index (χ3n) is 6.58. The number of ketones is 1. The Morgan fingerprint density at radius 3 is 2.79 bits per heavy atom. The molecule has 0 radical (unpaired) electrons. The van der Waals surface area contributed by atoms with Gasteiger partial charge in [0.15, 0.2) is 5.78 Å². The quantitative estimate of drug-likeness (QED) is 0.635. The molecule has 2 aliphatic rings. The number of aliphatic imine (C=N–C) groups is 1. The van der Waals surface area contributed by atoms with Gasteiger partial charge < -0.3 is 5.73 Å². The van der Waals surface area contributed by atoms with E-state index in [9.17, 15) is 9.00 Å². The number of nitrogens with zero attached hydrogens (tertiary/aromatic N) is 5. The van der Waals surface area contributed by atoms with E-state index in [0.29, 0.717) is 19.4 Å². The number of pyridine rings is 2. The molecule has 2 N–H and O–H groups in total. The summed E-state index contributed by atoms with van der Waals surface area (Å²) in [6, 6.07) is 5.89. The predicted octanol–water partition coefficient (Wildman–Crippen LogP) is 3.56. The molecule has 0 saturated heterocycles. The van der Waals surface area contributed by atoms with Crippen molar-refractivity contribution in [2.24, 2.45) is 15.1 Å². The van der Waals surface area contributed by atoms with Gasteiger partial charge >= 0.3 is 0 Å². The molecule has 178 valence electrons. The van der Waals surface area contributed by atoms with Crippen LogP contribution < -0.4 is 5.73 Å². The van der Waals surface area contributed by atoms with Crippen LogP contribution in [0.25, 0.3) is 0 Å². The molecule has 2 aromatic heterocycles. The summed E-state index contributed by atoms with van der Waals surface area (Å²) in [6.07, 6.45) is 2.30. The molecule has 0 fully saturated rings. The number of carbonyl (C=O) groups is 1. The van der Waals surface area contributed by atoms with Crippen LogP contribution in [0.2, 0.25) is 5.02 Å². The van der Waals surface area contributed by atoms with E-state index in [0.717, 1.165) is 0 Å². The van der Waals surface area contributed by atoms with Crippen molar-refractivity contribution in [3.63, 3.8) is 0 Å². The molecule has 11 heteroatoms. The molecule has 0 unspecified atom stereocenters. The molecule has 0 aromatic carbocycles. The van der Waals surface area contributed by atoms with Gasteiger partial charge in [-0.2, -0.15) is 5.26 Å². The summed E-state index contributed by atoms with van der Waals surface area (Å²) in [7, 11) is -2.88. The fraction of sp³-hybridized carbons (Fsp3) is 0.435. The van der Waals surface area contributed by atoms with Crippen molar-refractivity contribution in [1.29, 1.82) is 5.26 Å². The van der Waals surface area contributed by atoms with Crippen LogP contribution in [-0.2, 0) is 21.7 Å². The summed E-state index contributed by atoms with van der Waals surface area (Å²) < 4.78 is 32.8. The fourth-order valence-electron chi connectivity index (χ4n) is 4.54. The Bertz CT molecular complexity index is 1390. The summed E-state index contributed by atoms with van der Waals surface area (Å²) in [4.78, 5) is 25.9. The Hall–Kier alpha value is -2.90. The van der Waals surface area contributed by atoms with Crippen LogP contribution in [0.1, 0.15) is 61.1 Å². The van der Waals surface area contributed by atoms with Gasteiger partial charge in [0.2, 0.25) is 0 Å². The number of amidine groups is 1. The number of hydrogen-bond donors (Lipinski definition) is 1. The number of nitriles is 1. The van der Waals surface area contributed by atoms with Crippen molar-refractivity contribution in [2.45, 2.75) is 55.6 Å². The van der Waals surface area contributed by atoms with Crippen LogP contribution in [0.5, 0.6) is 0 Å². The highest BCUT2D eigenvalue weighted by atomic mass is 35.5. The third-order valence-corrected chi connectivity index (χ3v) is 10.6. The van der Waals surface area contributed by atoms with Gasteiger partial charge in [-0.3, -0.25) is 19.8 Å². The summed E-state index contributed by atoms with van der Waals surface area (Å²) in [5.74, 6) is -0.927. The molecule has 3 atom stereocenters. The molecule has 34 heavy (non-hydrogen) atoms. The number of nitrogens with two attached hydrogens (primary N) is 1. The predicted molar refractivity (Wildman–Crippen MR) is 128 cm³/mol. The highest BCUT2D eigenvalue weighted by molar-refractivity contribution is 7.96. The Morgan fingerprint density at radius 2 is 2.12 bits per heavy atom. The molecule has 2 aromatic rings. The Kier molecular flexibility index (Phi) is 5.98. The first-order valence-corrected chi connectivity index (χ1v) is 12.7. The topological polar surface area (TPSA) is 134 Å². The lowest BCUT2D eigenvalue weighted by atomic mass is 9.88. The first kappa shape index (κ1) is 24.2. The Labute approximate surface area is 202 Å². The SMILES string of the molecule is CC1(C)C(N)=N[C@](C)(c2nc(CC(=O)c3ncc(C#N)cc3Cl)ccc2F)[C@H]2CCCN=[S@@]21=O. The van der Waals surface area contributed by atoms with Crippen LogP contribution in [0.4, 0.5) is 4.39 Å². The molecular formula is C23H24ClFN6O2S. The van der Waals surface area contributed by atoms with Crippen LogP contribution >= 0.6 is 11.6 Å². The van der Waals surface area contributed by atoms with Gasteiger partial charge in [-0.1, -0.05) is 11.6 Å². The van der Waals surface area contributed by atoms with Gasteiger partial charge in [-0.05, 0) is 51.8 Å². The average Bonchev–Trinajstić information content (AvgIpc) is 2.79. The molecule has 0 amide bonds. The molecule has 0 bridgehead atoms. The molecule has 4 heterocycles. The number of hydrogen-bond acceptors (Lipinski definition) is 8. The maximum Gasteiger partial charge on any atom is 0.188 e. The molecule has 0 saturated carbocycles. The van der Waals surface area contributed by atoms with E-state index in [1.165, 1.54) is 24.4 Å². The lowest BCUT2D eigenvalue weighted by Gasteiger charge is -2.47. The lowest BCUT2D eigenvalue weighted by molar-refractivity contribution is 0.0987. The van der Waals surface area contributed by atoms with Crippen LogP contribution in [0.15, 0.2) is 33.8 Å². The van der Waals surface area contributed by atoms with Gasteiger partial charge in [-0.15, -0.1) is 0 Å². The minimum absolute atomic E-state index is 0.00432. The minimum atomic E-state index is -2.88. The maximum absolute atomic E-state index is 15.2. The molecule has 2 aliphatic heterocycles. The Morgan fingerprint density at radius 1 is 1.38 bits per heavy atom. The Balaban J connectivity index is 1.77. The number of halogens is 2. The van der Waals surface area contributed by atoms with Crippen molar-refractivity contribution in [3.05, 3.63) is 57.9 Å². The highest BCUT2D eigenvalue weighted by Crippen LogP contribution is 2.46. The van der Waals surface area contributed by atoms with Crippen molar-refractivity contribution in [1.82, 2.24) is 9.97 Å². The zero-order valence-corrected chi connectivity index (χ0v) is 20.6. The zero-order valence-electron chi connectivity index (χ0n) is 19.0. The first-order valence-electron chi connectivity index (χ1n) is 10.8. The van der Waals surface area contributed by atoms with E-state index in [4.69, 9.17) is 22.6 Å². The van der Waals surface area contributed by atoms with Gasteiger partial charge in [-0.25, -0.2) is 13.0 Å². The second kappa shape index (κ2) is 8.40. The van der Waals surface area contributed by atoms with E-state index in [1.807, 2.05) is 6.07 Å². The number of Topliss-reactive ketones (excluding diaryl/α,β-unsaturated/α-hetero) is 1. The van der Waals surface area contributed by atoms with Crippen molar-refractivity contribution >= 4 is 32.9 Å². The van der Waals surface area contributed by atoms with Crippen molar-refractivity contribution < 1.29 is 13.4 Å². The maximum atomic E-state index is 15.2. The van der Waals surface area contributed by atoms with E-state index in [1.54, 1.807) is 20.8 Å². The summed E-state index contributed by atoms with van der Waals surface area (Å²) in [5, 5.41) is 8.42. The summed E-state index contributed by atoms with van der Waals surface area (Å²) in [6.45, 7) is 5.63. The van der Waals surface area contributed by atoms with E-state index < -0.39 is 36.9 Å². The number of fused-ring (bicyclic) bond motifs is 1. The molecular weight excluding hydrogens is 479 g/mol. The summed E-state index contributed by atoms with van der Waals surface area (Å²) in [5.41, 5.74) is 5.44. The van der Waals surface area contributed by atoms with Gasteiger partial charge in [0.1, 0.15) is 39.4 Å². The second-order valence-corrected chi connectivity index (χ2v) is 12.5. The van der Waals surface area contributed by atoms with E-state index >= 15 is 4.39 Å². The smallest absolute Gasteiger partial charge is 0.188 e. The van der Waals surface area contributed by atoms with Gasteiger partial charge in [0.25, 0.3) is 0 Å². The molecule has 8 nitrogen and oxygen atoms in total. The molecule has 0 aliphatic carbocycles. The van der Waals surface area contributed by atoms with Crippen LogP contribution in [-0.4, -0.2) is 42.3 Å². The van der Waals surface area contributed by atoms with E-state index in [-0.39, 0.29) is 39.9 Å². The third kappa shape index (κ3) is 3.67. The van der Waals surface area contributed by atoms with Gasteiger partial charge in [0.05, 0.1) is 32.0 Å². The number of aromatic nitrogens is 2. The van der Waals surface area contributed by atoms with Crippen LogP contribution in [0, 0.1) is 17.1 Å². The highest BCUT2D eigenvalue weighted by Gasteiger charge is 2.56. The van der Waals surface area contributed by atoms with Crippen molar-refractivity contribution in [2.75, 3.05) is 6.54 Å². The zero-order chi connectivity index (χ0) is 24.9. The van der Waals surface area contributed by atoms with Gasteiger partial charge in [0, 0.05) is 18.4 Å². The largest absolute Gasteiger partial charge is 0.386 e. The van der Waals surface area contributed by atoms with E-state index in [2.05, 4.69) is 19.3 Å². The standard InChI is InChI=1S/C23H24ClFN6O2S/c1-22(2)21(27)31-23(3,18-5-4-8-29-34(18,22)33)20-16(25)7-6-14(30-20)10-17(32)19-15(24)9-13(11-26)12-28-19/h6-7,9,12,18H,4-5,8,10H2,1-3H3,(H2,27,31)/t18-,23+,34-/m1/s1. The minimum Gasteiger partial charge on any atom is -0.386 e. The van der Waals surface area contributed by atoms with Crippen molar-refractivity contribution in [3.8, 4) is 6.07 Å². The normalized spacial score (nSPS) is 27.6. The number of carbonyl (C=O) groups excluding carboxylic acids is 1. The summed E-state index contributed by atoms with van der Waals surface area (Å²) >= 11 is 6.12. The monoisotopic (exact) mass is 502 g/mol. The average molecular weight is 503 g/mol. The molecule has 0 spiro atoms.